The van der Waals surface area contributed by atoms with Gasteiger partial charge in [0.25, 0.3) is 0 Å². The van der Waals surface area contributed by atoms with Crippen molar-refractivity contribution in [2.24, 2.45) is 5.73 Å². The van der Waals surface area contributed by atoms with Gasteiger partial charge in [-0.15, -0.1) is 0 Å². The Morgan fingerprint density at radius 2 is 1.88 bits per heavy atom. The van der Waals surface area contributed by atoms with Crippen molar-refractivity contribution in [1.82, 2.24) is 4.90 Å². The van der Waals surface area contributed by atoms with Gasteiger partial charge < -0.3 is 15.2 Å². The van der Waals surface area contributed by atoms with Crippen molar-refractivity contribution in [2.75, 3.05) is 26.7 Å². The third kappa shape index (κ3) is 2.12. The van der Waals surface area contributed by atoms with Crippen molar-refractivity contribution < 1.29 is 9.47 Å². The SMILES string of the molecule is COC1CC(CN)(N2C[C@@H](C)O[C@@H](C)C2)C1. The van der Waals surface area contributed by atoms with E-state index in [0.717, 1.165) is 32.5 Å². The molecule has 0 unspecified atom stereocenters. The maximum absolute atomic E-state index is 5.97. The van der Waals surface area contributed by atoms with E-state index in [1.54, 1.807) is 7.11 Å². The van der Waals surface area contributed by atoms with Gasteiger partial charge in [-0.1, -0.05) is 0 Å². The number of nitrogens with zero attached hydrogens (tertiary/aromatic N) is 1. The number of hydrogen-bond acceptors (Lipinski definition) is 4. The maximum atomic E-state index is 5.97. The molecule has 1 heterocycles. The van der Waals surface area contributed by atoms with Crippen molar-refractivity contribution in [3.63, 3.8) is 0 Å². The van der Waals surface area contributed by atoms with E-state index in [0.29, 0.717) is 18.3 Å². The molecule has 0 radical (unpaired) electrons. The number of nitrogens with two attached hydrogens (primary N) is 1. The van der Waals surface area contributed by atoms with Crippen molar-refractivity contribution in [1.29, 1.82) is 0 Å². The fourth-order valence-corrected chi connectivity index (χ4v) is 3.07. The molecule has 2 fully saturated rings. The number of methoxy groups -OCH3 is 1. The largest absolute Gasteiger partial charge is 0.381 e. The van der Waals surface area contributed by atoms with Gasteiger partial charge in [-0.05, 0) is 26.7 Å². The molecule has 0 amide bonds. The highest BCUT2D eigenvalue weighted by Crippen LogP contribution is 2.40. The minimum atomic E-state index is 0.174. The van der Waals surface area contributed by atoms with Gasteiger partial charge in [0.05, 0.1) is 18.3 Å². The molecule has 2 aliphatic rings. The lowest BCUT2D eigenvalue weighted by atomic mass is 9.72. The molecule has 2 rings (SSSR count). The Morgan fingerprint density at radius 1 is 1.31 bits per heavy atom. The van der Waals surface area contributed by atoms with Gasteiger partial charge in [-0.3, -0.25) is 4.90 Å². The zero-order chi connectivity index (χ0) is 11.8. The van der Waals surface area contributed by atoms with Crippen LogP contribution in [0, 0.1) is 0 Å². The van der Waals surface area contributed by atoms with E-state index >= 15 is 0 Å². The minimum Gasteiger partial charge on any atom is -0.381 e. The predicted molar refractivity (Wildman–Crippen MR) is 63.4 cm³/mol. The predicted octanol–water partition coefficient (Wildman–Crippen LogP) is 0.602. The summed E-state index contributed by atoms with van der Waals surface area (Å²) < 4.78 is 11.1. The molecule has 16 heavy (non-hydrogen) atoms. The van der Waals surface area contributed by atoms with E-state index in [2.05, 4.69) is 18.7 Å². The summed E-state index contributed by atoms with van der Waals surface area (Å²) in [6.07, 6.45) is 3.17. The highest BCUT2D eigenvalue weighted by molar-refractivity contribution is 5.05. The van der Waals surface area contributed by atoms with Crippen LogP contribution in [-0.2, 0) is 9.47 Å². The van der Waals surface area contributed by atoms with Crippen LogP contribution in [0.25, 0.3) is 0 Å². The summed E-state index contributed by atoms with van der Waals surface area (Å²) in [5.74, 6) is 0. The van der Waals surface area contributed by atoms with Crippen LogP contribution in [0.1, 0.15) is 26.7 Å². The van der Waals surface area contributed by atoms with Crippen molar-refractivity contribution >= 4 is 0 Å². The van der Waals surface area contributed by atoms with Crippen LogP contribution >= 0.6 is 0 Å². The Kier molecular flexibility index (Phi) is 3.54. The van der Waals surface area contributed by atoms with Gasteiger partial charge in [0, 0.05) is 32.3 Å². The first-order chi connectivity index (χ1) is 7.59. The zero-order valence-corrected chi connectivity index (χ0v) is 10.6. The second-order valence-electron chi connectivity index (χ2n) is 5.36. The van der Waals surface area contributed by atoms with E-state index in [1.165, 1.54) is 0 Å². The molecule has 1 aliphatic carbocycles. The minimum absolute atomic E-state index is 0.174. The monoisotopic (exact) mass is 228 g/mol. The second kappa shape index (κ2) is 4.61. The lowest BCUT2D eigenvalue weighted by Gasteiger charge is -2.56. The van der Waals surface area contributed by atoms with Crippen LogP contribution in [0.3, 0.4) is 0 Å². The average molecular weight is 228 g/mol. The first-order valence-electron chi connectivity index (χ1n) is 6.23. The summed E-state index contributed by atoms with van der Waals surface area (Å²) in [5.41, 5.74) is 6.14. The van der Waals surface area contributed by atoms with Crippen LogP contribution in [-0.4, -0.2) is 55.5 Å². The highest BCUT2D eigenvalue weighted by Gasteiger charge is 2.49. The topological polar surface area (TPSA) is 47.7 Å². The molecule has 2 N–H and O–H groups in total. The Hall–Kier alpha value is -0.160. The summed E-state index contributed by atoms with van der Waals surface area (Å²) in [4.78, 5) is 2.52. The van der Waals surface area contributed by atoms with Crippen molar-refractivity contribution in [3.8, 4) is 0 Å². The van der Waals surface area contributed by atoms with Crippen LogP contribution in [0.5, 0.6) is 0 Å². The van der Waals surface area contributed by atoms with Crippen LogP contribution in [0.4, 0.5) is 0 Å². The van der Waals surface area contributed by atoms with Gasteiger partial charge in [-0.2, -0.15) is 0 Å². The van der Waals surface area contributed by atoms with E-state index in [9.17, 15) is 0 Å². The molecule has 94 valence electrons. The van der Waals surface area contributed by atoms with Gasteiger partial charge in [0.15, 0.2) is 0 Å². The molecule has 0 aromatic heterocycles. The van der Waals surface area contributed by atoms with Crippen LogP contribution < -0.4 is 5.73 Å². The summed E-state index contributed by atoms with van der Waals surface area (Å²) in [5, 5.41) is 0. The molecule has 1 saturated heterocycles. The second-order valence-corrected chi connectivity index (χ2v) is 5.36. The summed E-state index contributed by atoms with van der Waals surface area (Å²) in [6, 6.07) is 0. The molecular weight excluding hydrogens is 204 g/mol. The molecule has 0 aromatic carbocycles. The van der Waals surface area contributed by atoms with E-state index in [4.69, 9.17) is 15.2 Å². The van der Waals surface area contributed by atoms with Gasteiger partial charge >= 0.3 is 0 Å². The summed E-state index contributed by atoms with van der Waals surface area (Å²) in [6.45, 7) is 7.00. The molecule has 2 atom stereocenters. The van der Waals surface area contributed by atoms with Crippen molar-refractivity contribution in [3.05, 3.63) is 0 Å². The number of rotatable bonds is 3. The Labute approximate surface area is 98.1 Å². The van der Waals surface area contributed by atoms with E-state index in [1.807, 2.05) is 0 Å². The summed E-state index contributed by atoms with van der Waals surface area (Å²) in [7, 11) is 1.79. The normalized spacial score (nSPS) is 45.4. The lowest BCUT2D eigenvalue weighted by Crippen LogP contribution is -2.67. The van der Waals surface area contributed by atoms with E-state index in [-0.39, 0.29) is 5.54 Å². The molecule has 0 spiro atoms. The summed E-state index contributed by atoms with van der Waals surface area (Å²) >= 11 is 0. The number of morpholine rings is 1. The van der Waals surface area contributed by atoms with Gasteiger partial charge in [0.2, 0.25) is 0 Å². The van der Waals surface area contributed by atoms with Gasteiger partial charge in [0.1, 0.15) is 0 Å². The standard InChI is InChI=1S/C12H24N2O2/c1-9-6-14(7-10(2)16-9)12(8-13)4-11(5-12)15-3/h9-11H,4-8,13H2,1-3H3/t9-,10+,11?,12?. The number of ether oxygens (including phenoxy) is 2. The highest BCUT2D eigenvalue weighted by atomic mass is 16.5. The van der Waals surface area contributed by atoms with Crippen molar-refractivity contribution in [2.45, 2.75) is 50.5 Å². The van der Waals surface area contributed by atoms with E-state index < -0.39 is 0 Å². The quantitative estimate of drug-likeness (QED) is 0.768. The first kappa shape index (κ1) is 12.3. The van der Waals surface area contributed by atoms with Crippen LogP contribution in [0.2, 0.25) is 0 Å². The Bertz CT molecular complexity index is 231. The smallest absolute Gasteiger partial charge is 0.0678 e. The maximum Gasteiger partial charge on any atom is 0.0678 e. The molecular formula is C12H24N2O2. The molecule has 4 heteroatoms. The fourth-order valence-electron chi connectivity index (χ4n) is 3.07. The fraction of sp³-hybridized carbons (Fsp3) is 1.00. The molecule has 1 aliphatic heterocycles. The third-order valence-corrected chi connectivity index (χ3v) is 4.02. The first-order valence-corrected chi connectivity index (χ1v) is 6.23. The third-order valence-electron chi connectivity index (χ3n) is 4.02. The Balaban J connectivity index is 1.99. The van der Waals surface area contributed by atoms with Crippen LogP contribution in [0.15, 0.2) is 0 Å². The Morgan fingerprint density at radius 3 is 2.31 bits per heavy atom. The molecule has 0 aromatic rings. The molecule has 1 saturated carbocycles. The number of hydrogen-bond donors (Lipinski definition) is 1. The lowest BCUT2D eigenvalue weighted by molar-refractivity contribution is -0.149. The molecule has 4 nitrogen and oxygen atoms in total. The molecule has 0 bridgehead atoms. The zero-order valence-electron chi connectivity index (χ0n) is 10.6. The average Bonchev–Trinajstić information content (AvgIpc) is 2.16. The van der Waals surface area contributed by atoms with Gasteiger partial charge in [-0.25, -0.2) is 0 Å².